The predicted octanol–water partition coefficient (Wildman–Crippen LogP) is 2.84. The largest absolute Gasteiger partial charge is 0.492 e. The van der Waals surface area contributed by atoms with E-state index in [0.717, 1.165) is 30.1 Å². The molecule has 2 unspecified atom stereocenters. The van der Waals surface area contributed by atoms with Gasteiger partial charge in [0.2, 0.25) is 0 Å². The third-order valence-corrected chi connectivity index (χ3v) is 3.83. The number of ether oxygens (including phenoxy) is 1. The van der Waals surface area contributed by atoms with Gasteiger partial charge in [0.25, 0.3) is 0 Å². The Morgan fingerprint density at radius 2 is 2.29 bits per heavy atom. The Morgan fingerprint density at radius 1 is 1.47 bits per heavy atom. The smallest absolute Gasteiger partial charge is 0.137 e. The van der Waals surface area contributed by atoms with E-state index >= 15 is 0 Å². The van der Waals surface area contributed by atoms with Crippen LogP contribution in [0.3, 0.4) is 0 Å². The molecule has 0 radical (unpaired) electrons. The van der Waals surface area contributed by atoms with E-state index in [1.807, 2.05) is 13.1 Å². The Balaban J connectivity index is 2.18. The normalized spacial score (nSPS) is 28.3. The Hall–Kier alpha value is -1.09. The van der Waals surface area contributed by atoms with Crippen LogP contribution in [0.1, 0.15) is 45.1 Å². The first-order valence-corrected chi connectivity index (χ1v) is 6.55. The lowest BCUT2D eigenvalue weighted by molar-refractivity contribution is 0.336. The molecule has 1 aliphatic rings. The minimum atomic E-state index is -0.194. The molecule has 3 nitrogen and oxygen atoms in total. The molecule has 1 heterocycles. The van der Waals surface area contributed by atoms with E-state index in [9.17, 15) is 0 Å². The van der Waals surface area contributed by atoms with Gasteiger partial charge in [0.15, 0.2) is 0 Å². The molecule has 2 rings (SSSR count). The maximum Gasteiger partial charge on any atom is 0.137 e. The number of nitrogens with zero attached hydrogens (tertiary/aromatic N) is 1. The zero-order chi connectivity index (χ0) is 12.3. The highest BCUT2D eigenvalue weighted by Crippen LogP contribution is 2.41. The highest BCUT2D eigenvalue weighted by atomic mass is 16.5. The van der Waals surface area contributed by atoms with Gasteiger partial charge in [0.05, 0.1) is 12.8 Å². The summed E-state index contributed by atoms with van der Waals surface area (Å²) in [5.74, 6) is 1.59. The number of hydrogen-bond acceptors (Lipinski definition) is 3. The molecule has 1 aromatic rings. The minimum absolute atomic E-state index is 0.194. The SMILES string of the molecule is CCOc1cncc(C2(N)CCC(CC)C2)c1. The van der Waals surface area contributed by atoms with E-state index in [2.05, 4.69) is 18.0 Å². The number of aromatic nitrogens is 1. The van der Waals surface area contributed by atoms with Crippen LogP contribution in [0, 0.1) is 5.92 Å². The summed E-state index contributed by atoms with van der Waals surface area (Å²) < 4.78 is 5.49. The standard InChI is InChI=1S/C14H22N2O/c1-3-11-5-6-14(15,8-11)12-7-13(17-4-2)10-16-9-12/h7,9-11H,3-6,8,15H2,1-2H3. The van der Waals surface area contributed by atoms with E-state index in [1.54, 1.807) is 6.20 Å². The summed E-state index contributed by atoms with van der Waals surface area (Å²) in [4.78, 5) is 4.24. The molecule has 0 bridgehead atoms. The Labute approximate surface area is 103 Å². The summed E-state index contributed by atoms with van der Waals surface area (Å²) in [6.07, 6.45) is 8.22. The van der Waals surface area contributed by atoms with Gasteiger partial charge >= 0.3 is 0 Å². The zero-order valence-electron chi connectivity index (χ0n) is 10.8. The average Bonchev–Trinajstić information content (AvgIpc) is 2.74. The summed E-state index contributed by atoms with van der Waals surface area (Å²) >= 11 is 0. The minimum Gasteiger partial charge on any atom is -0.492 e. The molecule has 1 fully saturated rings. The van der Waals surface area contributed by atoms with Gasteiger partial charge in [-0.2, -0.15) is 0 Å². The van der Waals surface area contributed by atoms with Gasteiger partial charge < -0.3 is 10.5 Å². The molecule has 0 amide bonds. The fraction of sp³-hybridized carbons (Fsp3) is 0.643. The van der Waals surface area contributed by atoms with E-state index in [0.29, 0.717) is 6.61 Å². The molecule has 0 spiro atoms. The van der Waals surface area contributed by atoms with Crippen LogP contribution in [0.4, 0.5) is 0 Å². The predicted molar refractivity (Wildman–Crippen MR) is 68.9 cm³/mol. The maximum absolute atomic E-state index is 6.52. The molecule has 1 saturated carbocycles. The van der Waals surface area contributed by atoms with Gasteiger partial charge in [-0.25, -0.2) is 0 Å². The summed E-state index contributed by atoms with van der Waals surface area (Å²) in [5.41, 5.74) is 7.45. The lowest BCUT2D eigenvalue weighted by Crippen LogP contribution is -2.33. The average molecular weight is 234 g/mol. The molecule has 17 heavy (non-hydrogen) atoms. The van der Waals surface area contributed by atoms with Gasteiger partial charge in [-0.1, -0.05) is 13.3 Å². The first kappa shape index (κ1) is 12.4. The van der Waals surface area contributed by atoms with Gasteiger partial charge in [-0.05, 0) is 43.7 Å². The van der Waals surface area contributed by atoms with Crippen molar-refractivity contribution in [2.24, 2.45) is 11.7 Å². The molecule has 1 aromatic heterocycles. The maximum atomic E-state index is 6.52. The van der Waals surface area contributed by atoms with Gasteiger partial charge in [-0.15, -0.1) is 0 Å². The zero-order valence-corrected chi connectivity index (χ0v) is 10.8. The Kier molecular flexibility index (Phi) is 3.67. The molecule has 2 N–H and O–H groups in total. The van der Waals surface area contributed by atoms with Crippen molar-refractivity contribution >= 4 is 0 Å². The van der Waals surface area contributed by atoms with Crippen molar-refractivity contribution in [3.05, 3.63) is 24.0 Å². The fourth-order valence-corrected chi connectivity index (χ4v) is 2.73. The van der Waals surface area contributed by atoms with Gasteiger partial charge in [0, 0.05) is 11.7 Å². The lowest BCUT2D eigenvalue weighted by Gasteiger charge is -2.25. The van der Waals surface area contributed by atoms with E-state index in [-0.39, 0.29) is 5.54 Å². The molecule has 0 saturated heterocycles. The van der Waals surface area contributed by atoms with Crippen molar-refractivity contribution < 1.29 is 4.74 Å². The summed E-state index contributed by atoms with van der Waals surface area (Å²) in [6, 6.07) is 2.05. The quantitative estimate of drug-likeness (QED) is 0.871. The molecule has 0 aromatic carbocycles. The van der Waals surface area contributed by atoms with Crippen LogP contribution in [0.15, 0.2) is 18.5 Å². The second-order valence-corrected chi connectivity index (χ2v) is 5.02. The second kappa shape index (κ2) is 5.05. The Morgan fingerprint density at radius 3 is 2.94 bits per heavy atom. The van der Waals surface area contributed by atoms with Crippen LogP contribution in [0.5, 0.6) is 5.75 Å². The number of hydrogen-bond donors (Lipinski definition) is 1. The van der Waals surface area contributed by atoms with E-state index in [1.165, 1.54) is 12.8 Å². The van der Waals surface area contributed by atoms with Crippen molar-refractivity contribution in [1.29, 1.82) is 0 Å². The number of nitrogens with two attached hydrogens (primary N) is 1. The highest BCUT2D eigenvalue weighted by Gasteiger charge is 2.36. The number of pyridine rings is 1. The molecule has 2 atom stereocenters. The third kappa shape index (κ3) is 2.60. The van der Waals surface area contributed by atoms with Gasteiger partial charge in [-0.3, -0.25) is 4.98 Å². The van der Waals surface area contributed by atoms with Crippen LogP contribution >= 0.6 is 0 Å². The van der Waals surface area contributed by atoms with Crippen LogP contribution in [0.25, 0.3) is 0 Å². The first-order valence-electron chi connectivity index (χ1n) is 6.55. The topological polar surface area (TPSA) is 48.1 Å². The summed E-state index contributed by atoms with van der Waals surface area (Å²) in [7, 11) is 0. The van der Waals surface area contributed by atoms with Crippen LogP contribution in [-0.4, -0.2) is 11.6 Å². The van der Waals surface area contributed by atoms with Crippen molar-refractivity contribution in [1.82, 2.24) is 4.98 Å². The van der Waals surface area contributed by atoms with Crippen molar-refractivity contribution in [3.63, 3.8) is 0 Å². The number of rotatable bonds is 4. The third-order valence-electron chi connectivity index (χ3n) is 3.83. The van der Waals surface area contributed by atoms with Crippen LogP contribution in [0.2, 0.25) is 0 Å². The molecule has 1 aliphatic carbocycles. The molecule has 94 valence electrons. The molecular formula is C14H22N2O. The van der Waals surface area contributed by atoms with Crippen molar-refractivity contribution in [2.75, 3.05) is 6.61 Å². The molecule has 0 aliphatic heterocycles. The van der Waals surface area contributed by atoms with Crippen LogP contribution in [-0.2, 0) is 5.54 Å². The second-order valence-electron chi connectivity index (χ2n) is 5.02. The molecular weight excluding hydrogens is 212 g/mol. The van der Waals surface area contributed by atoms with E-state index in [4.69, 9.17) is 10.5 Å². The molecule has 3 heteroatoms. The van der Waals surface area contributed by atoms with Crippen LogP contribution < -0.4 is 10.5 Å². The summed E-state index contributed by atoms with van der Waals surface area (Å²) in [6.45, 7) is 4.89. The fourth-order valence-electron chi connectivity index (χ4n) is 2.73. The monoisotopic (exact) mass is 234 g/mol. The first-order chi connectivity index (χ1) is 8.18. The lowest BCUT2D eigenvalue weighted by atomic mass is 9.89. The van der Waals surface area contributed by atoms with Gasteiger partial charge in [0.1, 0.15) is 5.75 Å². The van der Waals surface area contributed by atoms with Crippen molar-refractivity contribution in [2.45, 2.75) is 45.1 Å². The summed E-state index contributed by atoms with van der Waals surface area (Å²) in [5, 5.41) is 0. The van der Waals surface area contributed by atoms with E-state index < -0.39 is 0 Å². The highest BCUT2D eigenvalue weighted by molar-refractivity contribution is 5.30. The Bertz CT molecular complexity index is 380. The van der Waals surface area contributed by atoms with Crippen molar-refractivity contribution in [3.8, 4) is 5.75 Å².